The van der Waals surface area contributed by atoms with E-state index in [1.165, 1.54) is 0 Å². The number of aromatic nitrogens is 5. The average molecular weight is 481 g/mol. The number of nitrogens with zero attached hydrogens (tertiary/aromatic N) is 6. The lowest BCUT2D eigenvalue weighted by Gasteiger charge is -2.28. The molecule has 8 nitrogen and oxygen atoms in total. The molecular formula is C18H18F7N7O. The van der Waals surface area contributed by atoms with Gasteiger partial charge in [0.2, 0.25) is 12.2 Å². The van der Waals surface area contributed by atoms with Crippen molar-refractivity contribution in [1.29, 1.82) is 0 Å². The zero-order valence-electron chi connectivity index (χ0n) is 17.4. The fraction of sp³-hybridized carbons (Fsp3) is 0.389. The van der Waals surface area contributed by atoms with Gasteiger partial charge >= 0.3 is 6.18 Å². The lowest BCUT2D eigenvalue weighted by atomic mass is 9.87. The molecule has 15 heteroatoms. The van der Waals surface area contributed by atoms with E-state index in [2.05, 4.69) is 26.0 Å². The Hall–Kier alpha value is -3.52. The maximum atomic E-state index is 13.9. The molecule has 0 spiro atoms. The van der Waals surface area contributed by atoms with Crippen LogP contribution in [0.15, 0.2) is 18.5 Å². The van der Waals surface area contributed by atoms with Crippen LogP contribution in [0.25, 0.3) is 5.65 Å². The fourth-order valence-electron chi connectivity index (χ4n) is 3.19. The third-order valence-corrected chi connectivity index (χ3v) is 4.64. The number of anilines is 2. The van der Waals surface area contributed by atoms with Crippen LogP contribution in [0, 0.1) is 11.8 Å². The van der Waals surface area contributed by atoms with Gasteiger partial charge in [-0.15, -0.1) is 10.2 Å². The van der Waals surface area contributed by atoms with Gasteiger partial charge in [-0.3, -0.25) is 4.79 Å². The Balaban J connectivity index is 0.000000714. The standard InChI is InChI=1S/C15H9F7N6.C2H6.CH3NO/c1-14(15(20,21)22)5-27(6-2-7(11(17)18)25-24-3-6)8-4-23-13-9(16)12(19)26-28(13)10(8)14;1-2;2-1-3/h2-4,11H,5H2,1H3;1-2H3;1H,(H2,2,3). The number of carbonyl (C=O) groups excluding carboxylic acids is 1. The van der Waals surface area contributed by atoms with E-state index in [0.29, 0.717) is 4.52 Å². The van der Waals surface area contributed by atoms with E-state index in [4.69, 9.17) is 4.79 Å². The first-order valence-electron chi connectivity index (χ1n) is 9.30. The molecule has 4 heterocycles. The lowest BCUT2D eigenvalue weighted by Crippen LogP contribution is -2.43. The van der Waals surface area contributed by atoms with Gasteiger partial charge in [-0.05, 0) is 13.0 Å². The monoisotopic (exact) mass is 481 g/mol. The summed E-state index contributed by atoms with van der Waals surface area (Å²) in [5.41, 5.74) is -0.762. The van der Waals surface area contributed by atoms with E-state index < -0.39 is 53.4 Å². The molecule has 0 radical (unpaired) electrons. The molecule has 0 aromatic carbocycles. The number of hydrogen-bond acceptors (Lipinski definition) is 6. The molecule has 1 aliphatic heterocycles. The van der Waals surface area contributed by atoms with Crippen LogP contribution in [0.4, 0.5) is 42.1 Å². The molecule has 3 aromatic rings. The number of amides is 1. The predicted octanol–water partition coefficient (Wildman–Crippen LogP) is 3.83. The fourth-order valence-corrected chi connectivity index (χ4v) is 3.19. The number of fused-ring (bicyclic) bond motifs is 3. The van der Waals surface area contributed by atoms with E-state index >= 15 is 0 Å². The Kier molecular flexibility index (Phi) is 7.44. The quantitative estimate of drug-likeness (QED) is 0.441. The second kappa shape index (κ2) is 9.54. The maximum Gasteiger partial charge on any atom is 0.401 e. The van der Waals surface area contributed by atoms with Crippen molar-refractivity contribution in [3.63, 3.8) is 0 Å². The van der Waals surface area contributed by atoms with Crippen molar-refractivity contribution >= 4 is 23.4 Å². The molecule has 0 saturated heterocycles. The van der Waals surface area contributed by atoms with Gasteiger partial charge in [0, 0.05) is 6.54 Å². The Morgan fingerprint density at radius 2 is 1.82 bits per heavy atom. The van der Waals surface area contributed by atoms with E-state index in [1.54, 1.807) is 0 Å². The van der Waals surface area contributed by atoms with Gasteiger partial charge in [-0.25, -0.2) is 18.3 Å². The summed E-state index contributed by atoms with van der Waals surface area (Å²) in [4.78, 5) is 13.3. The normalized spacial score (nSPS) is 17.2. The van der Waals surface area contributed by atoms with Gasteiger partial charge in [0.1, 0.15) is 11.1 Å². The van der Waals surface area contributed by atoms with Gasteiger partial charge in [0.25, 0.3) is 12.4 Å². The highest BCUT2D eigenvalue weighted by atomic mass is 19.4. The zero-order valence-corrected chi connectivity index (χ0v) is 17.4. The van der Waals surface area contributed by atoms with Gasteiger partial charge in [0.05, 0.1) is 29.5 Å². The van der Waals surface area contributed by atoms with Crippen molar-refractivity contribution in [2.24, 2.45) is 5.73 Å². The Labute approximate surface area is 182 Å². The predicted molar refractivity (Wildman–Crippen MR) is 102 cm³/mol. The van der Waals surface area contributed by atoms with E-state index in [1.807, 2.05) is 13.8 Å². The van der Waals surface area contributed by atoms with E-state index in [9.17, 15) is 30.7 Å². The molecule has 1 atom stereocenters. The van der Waals surface area contributed by atoms with Crippen molar-refractivity contribution in [2.75, 3.05) is 11.4 Å². The van der Waals surface area contributed by atoms with Gasteiger partial charge in [-0.2, -0.15) is 27.1 Å². The number of alkyl halides is 5. The third kappa shape index (κ3) is 4.39. The summed E-state index contributed by atoms with van der Waals surface area (Å²) in [6, 6.07) is 0.887. The average Bonchev–Trinajstić information content (AvgIpc) is 3.24. The Morgan fingerprint density at radius 1 is 1.21 bits per heavy atom. The Bertz CT molecular complexity index is 1140. The van der Waals surface area contributed by atoms with Gasteiger partial charge in [0.15, 0.2) is 5.65 Å². The number of carbonyl (C=O) groups is 1. The topological polar surface area (TPSA) is 102 Å². The highest BCUT2D eigenvalue weighted by Gasteiger charge is 2.60. The zero-order chi connectivity index (χ0) is 25.1. The van der Waals surface area contributed by atoms with E-state index in [-0.39, 0.29) is 17.8 Å². The summed E-state index contributed by atoms with van der Waals surface area (Å²) in [5.74, 6) is -3.09. The molecule has 1 unspecified atom stereocenters. The number of nitrogens with two attached hydrogens (primary N) is 1. The van der Waals surface area contributed by atoms with Gasteiger partial charge in [-0.1, -0.05) is 13.8 Å². The minimum Gasteiger partial charge on any atom is -0.372 e. The van der Waals surface area contributed by atoms with Crippen LogP contribution in [-0.2, 0) is 10.2 Å². The molecular weight excluding hydrogens is 463 g/mol. The SMILES string of the molecule is CC.CC1(C(F)(F)F)CN(c2cnnc(C(F)F)c2)c2cnc3c(F)c(F)nn3c21.NC=O. The molecule has 1 amide bonds. The van der Waals surface area contributed by atoms with Crippen molar-refractivity contribution in [1.82, 2.24) is 24.8 Å². The second-order valence-electron chi connectivity index (χ2n) is 6.52. The number of primary amides is 1. The van der Waals surface area contributed by atoms with Crippen LogP contribution < -0.4 is 10.6 Å². The summed E-state index contributed by atoms with van der Waals surface area (Å²) in [6.07, 6.45) is -5.67. The summed E-state index contributed by atoms with van der Waals surface area (Å²) >= 11 is 0. The summed E-state index contributed by atoms with van der Waals surface area (Å²) in [6.45, 7) is 4.06. The first-order valence-corrected chi connectivity index (χ1v) is 9.30. The number of halogens is 7. The highest BCUT2D eigenvalue weighted by molar-refractivity contribution is 5.72. The van der Waals surface area contributed by atoms with E-state index in [0.717, 1.165) is 30.3 Å². The molecule has 0 saturated carbocycles. The van der Waals surface area contributed by atoms with Crippen LogP contribution >= 0.6 is 0 Å². The molecule has 0 bridgehead atoms. The number of rotatable bonds is 2. The first kappa shape index (κ1) is 25.7. The largest absolute Gasteiger partial charge is 0.401 e. The molecule has 2 N–H and O–H groups in total. The van der Waals surface area contributed by atoms with Crippen LogP contribution in [-0.4, -0.2) is 43.9 Å². The Morgan fingerprint density at radius 3 is 2.36 bits per heavy atom. The van der Waals surface area contributed by atoms with Crippen LogP contribution in [0.5, 0.6) is 0 Å². The van der Waals surface area contributed by atoms with Crippen molar-refractivity contribution in [2.45, 2.75) is 38.8 Å². The molecule has 33 heavy (non-hydrogen) atoms. The van der Waals surface area contributed by atoms with Crippen molar-refractivity contribution in [3.8, 4) is 0 Å². The number of hydrogen-bond donors (Lipinski definition) is 1. The maximum absolute atomic E-state index is 13.9. The minimum absolute atomic E-state index is 0.103. The van der Waals surface area contributed by atoms with Crippen LogP contribution in [0.1, 0.15) is 38.6 Å². The third-order valence-electron chi connectivity index (χ3n) is 4.64. The summed E-state index contributed by atoms with van der Waals surface area (Å²) < 4.78 is 95.5. The molecule has 1 aliphatic rings. The lowest BCUT2D eigenvalue weighted by molar-refractivity contribution is -0.181. The molecule has 180 valence electrons. The van der Waals surface area contributed by atoms with Crippen molar-refractivity contribution < 1.29 is 35.5 Å². The molecule has 3 aromatic heterocycles. The van der Waals surface area contributed by atoms with Gasteiger partial charge < -0.3 is 10.6 Å². The molecule has 4 rings (SSSR count). The second-order valence-corrected chi connectivity index (χ2v) is 6.52. The van der Waals surface area contributed by atoms with Crippen LogP contribution in [0.2, 0.25) is 0 Å². The summed E-state index contributed by atoms with van der Waals surface area (Å²) in [7, 11) is 0. The highest BCUT2D eigenvalue weighted by Crippen LogP contribution is 2.52. The van der Waals surface area contributed by atoms with Crippen LogP contribution in [0.3, 0.4) is 0 Å². The summed E-state index contributed by atoms with van der Waals surface area (Å²) in [5, 5.41) is 9.84. The van der Waals surface area contributed by atoms with Crippen molar-refractivity contribution in [3.05, 3.63) is 41.6 Å². The molecule has 0 aliphatic carbocycles. The minimum atomic E-state index is -4.85. The smallest absolute Gasteiger partial charge is 0.372 e. The first-order chi connectivity index (χ1) is 15.5. The molecule has 0 fully saturated rings.